The second-order valence-electron chi connectivity index (χ2n) is 4.92. The molecule has 2 unspecified atom stereocenters. The number of hydrogen-bond acceptors (Lipinski definition) is 3. The first-order chi connectivity index (χ1) is 8.53. The molecule has 108 valence electrons. The highest BCUT2D eigenvalue weighted by molar-refractivity contribution is 7.87. The van der Waals surface area contributed by atoms with Crippen molar-refractivity contribution in [1.29, 1.82) is 0 Å². The number of nitrogens with zero attached hydrogens (tertiary/aromatic N) is 1. The van der Waals surface area contributed by atoms with E-state index in [-0.39, 0.29) is 12.1 Å². The van der Waals surface area contributed by atoms with E-state index in [4.69, 9.17) is 0 Å². The van der Waals surface area contributed by atoms with Crippen molar-refractivity contribution in [2.45, 2.75) is 58.5 Å². The Morgan fingerprint density at radius 2 is 2.06 bits per heavy atom. The zero-order valence-electron chi connectivity index (χ0n) is 11.8. The molecule has 0 amide bonds. The van der Waals surface area contributed by atoms with Gasteiger partial charge in [0.2, 0.25) is 0 Å². The van der Waals surface area contributed by atoms with Crippen LogP contribution in [0.2, 0.25) is 0 Å². The van der Waals surface area contributed by atoms with Gasteiger partial charge in [-0.3, -0.25) is 0 Å². The Balaban J connectivity index is 2.75. The van der Waals surface area contributed by atoms with Crippen molar-refractivity contribution < 1.29 is 8.42 Å². The molecule has 1 aliphatic heterocycles. The number of likely N-dealkylation sites (N-methyl/N-ethyl adjacent to an activating group) is 1. The van der Waals surface area contributed by atoms with Gasteiger partial charge >= 0.3 is 0 Å². The molecule has 0 spiro atoms. The zero-order chi connectivity index (χ0) is 13.6. The quantitative estimate of drug-likeness (QED) is 0.732. The Kier molecular flexibility index (Phi) is 6.55. The Hall–Kier alpha value is -0.170. The highest BCUT2D eigenvalue weighted by Crippen LogP contribution is 2.22. The number of hydrogen-bond donors (Lipinski definition) is 2. The summed E-state index contributed by atoms with van der Waals surface area (Å²) in [5.74, 6) is 0. The van der Waals surface area contributed by atoms with Gasteiger partial charge in [0.1, 0.15) is 0 Å². The van der Waals surface area contributed by atoms with Gasteiger partial charge in [0.05, 0.1) is 0 Å². The van der Waals surface area contributed by atoms with Crippen LogP contribution in [0, 0.1) is 0 Å². The Labute approximate surface area is 112 Å². The fourth-order valence-electron chi connectivity index (χ4n) is 2.50. The van der Waals surface area contributed by atoms with Gasteiger partial charge in [-0.05, 0) is 32.7 Å². The molecule has 6 heteroatoms. The van der Waals surface area contributed by atoms with Crippen molar-refractivity contribution in [1.82, 2.24) is 14.3 Å². The molecule has 1 rings (SSSR count). The van der Waals surface area contributed by atoms with E-state index in [1.807, 2.05) is 13.8 Å². The van der Waals surface area contributed by atoms with E-state index in [0.29, 0.717) is 13.1 Å². The van der Waals surface area contributed by atoms with Crippen LogP contribution in [0.3, 0.4) is 0 Å². The zero-order valence-corrected chi connectivity index (χ0v) is 12.6. The molecule has 1 fully saturated rings. The summed E-state index contributed by atoms with van der Waals surface area (Å²) in [7, 11) is -3.31. The van der Waals surface area contributed by atoms with Gasteiger partial charge in [-0.25, -0.2) is 4.72 Å². The second-order valence-corrected chi connectivity index (χ2v) is 6.63. The number of nitrogens with one attached hydrogen (secondary N) is 2. The molecule has 1 heterocycles. The molecule has 1 aliphatic rings. The lowest BCUT2D eigenvalue weighted by Crippen LogP contribution is -2.56. The summed E-state index contributed by atoms with van der Waals surface area (Å²) < 4.78 is 28.8. The maximum atomic E-state index is 12.3. The predicted octanol–water partition coefficient (Wildman–Crippen LogP) is 1.08. The van der Waals surface area contributed by atoms with Crippen molar-refractivity contribution in [3.05, 3.63) is 0 Å². The summed E-state index contributed by atoms with van der Waals surface area (Å²) in [6.45, 7) is 8.11. The monoisotopic (exact) mass is 277 g/mol. The molecule has 0 aromatic carbocycles. The molecule has 0 aromatic heterocycles. The van der Waals surface area contributed by atoms with E-state index >= 15 is 0 Å². The molecular weight excluding hydrogens is 250 g/mol. The van der Waals surface area contributed by atoms with E-state index in [1.54, 1.807) is 4.31 Å². The minimum absolute atomic E-state index is 0.0769. The molecule has 0 aliphatic carbocycles. The van der Waals surface area contributed by atoms with Gasteiger partial charge in [-0.1, -0.05) is 20.3 Å². The molecule has 2 N–H and O–H groups in total. The Morgan fingerprint density at radius 3 is 2.67 bits per heavy atom. The lowest BCUT2D eigenvalue weighted by molar-refractivity contribution is 0.207. The fraction of sp³-hybridized carbons (Fsp3) is 1.00. The lowest BCUT2D eigenvalue weighted by Gasteiger charge is -2.38. The van der Waals surface area contributed by atoms with Crippen molar-refractivity contribution in [3.63, 3.8) is 0 Å². The predicted molar refractivity (Wildman–Crippen MR) is 74.7 cm³/mol. The third-order valence-corrected chi connectivity index (χ3v) is 5.08. The van der Waals surface area contributed by atoms with E-state index in [1.165, 1.54) is 0 Å². The van der Waals surface area contributed by atoms with Crippen molar-refractivity contribution in [2.24, 2.45) is 0 Å². The summed E-state index contributed by atoms with van der Waals surface area (Å²) in [5.41, 5.74) is 0. The summed E-state index contributed by atoms with van der Waals surface area (Å²) in [6.07, 6.45) is 3.84. The van der Waals surface area contributed by atoms with Gasteiger partial charge in [-0.15, -0.1) is 0 Å². The number of piperidine rings is 1. The average molecular weight is 277 g/mol. The van der Waals surface area contributed by atoms with Crippen LogP contribution in [0.25, 0.3) is 0 Å². The molecule has 18 heavy (non-hydrogen) atoms. The molecule has 2 atom stereocenters. The first-order valence-corrected chi connectivity index (χ1v) is 8.46. The summed E-state index contributed by atoms with van der Waals surface area (Å²) >= 11 is 0. The van der Waals surface area contributed by atoms with E-state index in [0.717, 1.165) is 32.2 Å². The van der Waals surface area contributed by atoms with Crippen LogP contribution in [0.1, 0.15) is 46.5 Å². The Bertz CT molecular complexity index is 332. The minimum atomic E-state index is -3.31. The van der Waals surface area contributed by atoms with Crippen molar-refractivity contribution in [2.75, 3.05) is 19.6 Å². The largest absolute Gasteiger partial charge is 0.313 e. The summed E-state index contributed by atoms with van der Waals surface area (Å²) in [6, 6.07) is 0.279. The SMILES string of the molecule is CCCNS(=O)(=O)N1CCCCC1C(C)NCC. The van der Waals surface area contributed by atoms with Crippen LogP contribution in [-0.4, -0.2) is 44.4 Å². The molecule has 0 radical (unpaired) electrons. The van der Waals surface area contributed by atoms with E-state index in [2.05, 4.69) is 17.0 Å². The van der Waals surface area contributed by atoms with E-state index < -0.39 is 10.2 Å². The van der Waals surface area contributed by atoms with Gasteiger partial charge < -0.3 is 5.32 Å². The second kappa shape index (κ2) is 7.43. The molecule has 1 saturated heterocycles. The highest BCUT2D eigenvalue weighted by atomic mass is 32.2. The van der Waals surface area contributed by atoms with Crippen LogP contribution in [0.5, 0.6) is 0 Å². The molecule has 5 nitrogen and oxygen atoms in total. The number of rotatable bonds is 7. The van der Waals surface area contributed by atoms with Crippen molar-refractivity contribution in [3.8, 4) is 0 Å². The average Bonchev–Trinajstić information content (AvgIpc) is 2.37. The minimum Gasteiger partial charge on any atom is -0.313 e. The third kappa shape index (κ3) is 4.19. The fourth-order valence-corrected chi connectivity index (χ4v) is 4.14. The van der Waals surface area contributed by atoms with Crippen LogP contribution in [-0.2, 0) is 10.2 Å². The van der Waals surface area contributed by atoms with E-state index in [9.17, 15) is 8.42 Å². The maximum absolute atomic E-state index is 12.3. The van der Waals surface area contributed by atoms with Gasteiger partial charge in [0.15, 0.2) is 0 Å². The van der Waals surface area contributed by atoms with Crippen LogP contribution in [0.4, 0.5) is 0 Å². The summed E-state index contributed by atoms with van der Waals surface area (Å²) in [5, 5.41) is 3.34. The van der Waals surface area contributed by atoms with Crippen LogP contribution >= 0.6 is 0 Å². The Morgan fingerprint density at radius 1 is 1.33 bits per heavy atom. The first kappa shape index (κ1) is 15.9. The van der Waals surface area contributed by atoms with Crippen LogP contribution < -0.4 is 10.0 Å². The van der Waals surface area contributed by atoms with Crippen LogP contribution in [0.15, 0.2) is 0 Å². The standard InChI is InChI=1S/C12H27N3O2S/c1-4-9-14-18(16,17)15-10-7-6-8-12(15)11(3)13-5-2/h11-14H,4-10H2,1-3H3. The molecule has 0 saturated carbocycles. The lowest BCUT2D eigenvalue weighted by atomic mass is 9.99. The normalized spacial score (nSPS) is 24.1. The highest BCUT2D eigenvalue weighted by Gasteiger charge is 2.34. The smallest absolute Gasteiger partial charge is 0.279 e. The molecule has 0 bridgehead atoms. The van der Waals surface area contributed by atoms with Crippen molar-refractivity contribution >= 4 is 10.2 Å². The van der Waals surface area contributed by atoms with Gasteiger partial charge in [-0.2, -0.15) is 12.7 Å². The third-order valence-electron chi connectivity index (χ3n) is 3.44. The molecule has 0 aromatic rings. The molecular formula is C12H27N3O2S. The maximum Gasteiger partial charge on any atom is 0.279 e. The van der Waals surface area contributed by atoms with Gasteiger partial charge in [0, 0.05) is 25.2 Å². The first-order valence-electron chi connectivity index (χ1n) is 7.02. The summed E-state index contributed by atoms with van der Waals surface area (Å²) in [4.78, 5) is 0. The van der Waals surface area contributed by atoms with Gasteiger partial charge in [0.25, 0.3) is 10.2 Å². The topological polar surface area (TPSA) is 61.4 Å².